The standard InChI is InChI=1S/C14H26N4O/c1-3-4-5-6-7-10-18-14(19)11-13(12-17-18)16-9-8-15-2/h11-12,15-16H,3-10H2,1-2H3. The van der Waals surface area contributed by atoms with Crippen LogP contribution in [0.4, 0.5) is 5.69 Å². The lowest BCUT2D eigenvalue weighted by molar-refractivity contribution is 0.513. The van der Waals surface area contributed by atoms with Crippen molar-refractivity contribution in [2.75, 3.05) is 25.5 Å². The van der Waals surface area contributed by atoms with E-state index in [0.717, 1.165) is 31.7 Å². The maximum atomic E-state index is 11.8. The van der Waals surface area contributed by atoms with E-state index in [0.29, 0.717) is 0 Å². The average Bonchev–Trinajstić information content (AvgIpc) is 2.41. The molecule has 1 aromatic heterocycles. The van der Waals surface area contributed by atoms with Gasteiger partial charge in [-0.15, -0.1) is 0 Å². The van der Waals surface area contributed by atoms with Crippen LogP contribution in [-0.2, 0) is 6.54 Å². The molecule has 0 amide bonds. The Kier molecular flexibility index (Phi) is 7.89. The van der Waals surface area contributed by atoms with Crippen LogP contribution in [0.5, 0.6) is 0 Å². The molecular weight excluding hydrogens is 240 g/mol. The Morgan fingerprint density at radius 2 is 2.00 bits per heavy atom. The zero-order valence-corrected chi connectivity index (χ0v) is 12.1. The minimum Gasteiger partial charge on any atom is -0.382 e. The molecule has 5 heteroatoms. The van der Waals surface area contributed by atoms with Gasteiger partial charge in [-0.05, 0) is 13.5 Å². The highest BCUT2D eigenvalue weighted by molar-refractivity contribution is 5.38. The summed E-state index contributed by atoms with van der Waals surface area (Å²) in [6.45, 7) is 4.57. The summed E-state index contributed by atoms with van der Waals surface area (Å²) in [4.78, 5) is 11.8. The second-order valence-electron chi connectivity index (χ2n) is 4.75. The molecule has 0 unspecified atom stereocenters. The number of aromatic nitrogens is 2. The minimum atomic E-state index is -0.0232. The Bertz CT molecular complexity index is 403. The van der Waals surface area contributed by atoms with E-state index in [9.17, 15) is 4.79 Å². The van der Waals surface area contributed by atoms with Gasteiger partial charge in [0, 0.05) is 25.7 Å². The summed E-state index contributed by atoms with van der Waals surface area (Å²) >= 11 is 0. The molecular formula is C14H26N4O. The SMILES string of the molecule is CCCCCCCn1ncc(NCCNC)cc1=O. The third-order valence-corrected chi connectivity index (χ3v) is 3.05. The van der Waals surface area contributed by atoms with Crippen molar-refractivity contribution >= 4 is 5.69 Å². The molecule has 0 aliphatic carbocycles. The molecule has 1 aromatic rings. The highest BCUT2D eigenvalue weighted by Crippen LogP contribution is 2.04. The van der Waals surface area contributed by atoms with Crippen LogP contribution in [0.2, 0.25) is 0 Å². The Morgan fingerprint density at radius 3 is 2.68 bits per heavy atom. The van der Waals surface area contributed by atoms with Crippen molar-refractivity contribution in [2.45, 2.75) is 45.6 Å². The van der Waals surface area contributed by atoms with E-state index in [4.69, 9.17) is 0 Å². The number of aryl methyl sites for hydroxylation is 1. The third-order valence-electron chi connectivity index (χ3n) is 3.05. The summed E-state index contributed by atoms with van der Waals surface area (Å²) in [5.41, 5.74) is 0.771. The number of unbranched alkanes of at least 4 members (excludes halogenated alkanes) is 4. The van der Waals surface area contributed by atoms with Gasteiger partial charge in [0.25, 0.3) is 5.56 Å². The Balaban J connectivity index is 2.37. The lowest BCUT2D eigenvalue weighted by atomic mass is 10.1. The molecule has 0 aliphatic heterocycles. The molecule has 0 bridgehead atoms. The molecule has 0 saturated carbocycles. The number of anilines is 1. The van der Waals surface area contributed by atoms with Crippen molar-refractivity contribution in [3.05, 3.63) is 22.6 Å². The molecule has 0 saturated heterocycles. The zero-order valence-electron chi connectivity index (χ0n) is 12.1. The maximum Gasteiger partial charge on any atom is 0.268 e. The molecule has 5 nitrogen and oxygen atoms in total. The first kappa shape index (κ1) is 15.7. The number of nitrogens with one attached hydrogen (secondary N) is 2. The van der Waals surface area contributed by atoms with E-state index < -0.39 is 0 Å². The fourth-order valence-corrected chi connectivity index (χ4v) is 1.90. The first-order chi connectivity index (χ1) is 9.27. The number of nitrogens with zero attached hydrogens (tertiary/aromatic N) is 2. The number of hydrogen-bond acceptors (Lipinski definition) is 4. The lowest BCUT2D eigenvalue weighted by Crippen LogP contribution is -2.24. The van der Waals surface area contributed by atoms with Crippen LogP contribution in [0, 0.1) is 0 Å². The van der Waals surface area contributed by atoms with Crippen LogP contribution >= 0.6 is 0 Å². The van der Waals surface area contributed by atoms with Crippen molar-refractivity contribution in [2.24, 2.45) is 0 Å². The van der Waals surface area contributed by atoms with Crippen LogP contribution < -0.4 is 16.2 Å². The van der Waals surface area contributed by atoms with Crippen LogP contribution in [0.15, 0.2) is 17.1 Å². The van der Waals surface area contributed by atoms with Gasteiger partial charge in [-0.2, -0.15) is 5.10 Å². The second-order valence-corrected chi connectivity index (χ2v) is 4.75. The summed E-state index contributed by atoms with van der Waals surface area (Å²) in [5.74, 6) is 0. The second kappa shape index (κ2) is 9.55. The summed E-state index contributed by atoms with van der Waals surface area (Å²) in [6, 6.07) is 1.62. The number of hydrogen-bond donors (Lipinski definition) is 2. The topological polar surface area (TPSA) is 59.0 Å². The Labute approximate surface area is 115 Å². The molecule has 1 rings (SSSR count). The van der Waals surface area contributed by atoms with E-state index in [1.165, 1.54) is 25.7 Å². The van der Waals surface area contributed by atoms with Crippen LogP contribution in [0.25, 0.3) is 0 Å². The predicted octanol–water partition coefficient (Wildman–Crippen LogP) is 1.84. The molecule has 0 aliphatic rings. The van der Waals surface area contributed by atoms with E-state index in [1.54, 1.807) is 16.9 Å². The fraction of sp³-hybridized carbons (Fsp3) is 0.714. The molecule has 0 spiro atoms. The van der Waals surface area contributed by atoms with E-state index in [2.05, 4.69) is 22.7 Å². The van der Waals surface area contributed by atoms with Crippen molar-refractivity contribution in [1.29, 1.82) is 0 Å². The molecule has 19 heavy (non-hydrogen) atoms. The highest BCUT2D eigenvalue weighted by Gasteiger charge is 1.99. The van der Waals surface area contributed by atoms with Gasteiger partial charge in [0.05, 0.1) is 11.9 Å². The normalized spacial score (nSPS) is 10.6. The van der Waals surface area contributed by atoms with Crippen LogP contribution in [0.1, 0.15) is 39.0 Å². The van der Waals surface area contributed by atoms with E-state index in [1.807, 2.05) is 7.05 Å². The zero-order chi connectivity index (χ0) is 13.9. The molecule has 2 N–H and O–H groups in total. The summed E-state index contributed by atoms with van der Waals surface area (Å²) < 4.78 is 1.55. The monoisotopic (exact) mass is 266 g/mol. The highest BCUT2D eigenvalue weighted by atomic mass is 16.1. The molecule has 0 radical (unpaired) electrons. The van der Waals surface area contributed by atoms with Gasteiger partial charge in [-0.1, -0.05) is 32.6 Å². The van der Waals surface area contributed by atoms with Gasteiger partial charge in [-0.25, -0.2) is 4.68 Å². The largest absolute Gasteiger partial charge is 0.382 e. The van der Waals surface area contributed by atoms with Crippen molar-refractivity contribution < 1.29 is 0 Å². The van der Waals surface area contributed by atoms with Gasteiger partial charge in [0.1, 0.15) is 0 Å². The summed E-state index contributed by atoms with van der Waals surface area (Å²) in [6.07, 6.45) is 7.68. The summed E-state index contributed by atoms with van der Waals surface area (Å²) in [5, 5.41) is 10.4. The lowest BCUT2D eigenvalue weighted by Gasteiger charge is -2.07. The molecule has 0 atom stereocenters. The quantitative estimate of drug-likeness (QED) is 0.635. The smallest absolute Gasteiger partial charge is 0.268 e. The molecule has 0 fully saturated rings. The first-order valence-corrected chi connectivity index (χ1v) is 7.23. The van der Waals surface area contributed by atoms with Gasteiger partial charge in [0.2, 0.25) is 0 Å². The minimum absolute atomic E-state index is 0.0232. The fourth-order valence-electron chi connectivity index (χ4n) is 1.90. The van der Waals surface area contributed by atoms with Crippen molar-refractivity contribution in [3.8, 4) is 0 Å². The first-order valence-electron chi connectivity index (χ1n) is 7.23. The van der Waals surface area contributed by atoms with Gasteiger partial charge in [0.15, 0.2) is 0 Å². The van der Waals surface area contributed by atoms with E-state index >= 15 is 0 Å². The van der Waals surface area contributed by atoms with Gasteiger partial charge >= 0.3 is 0 Å². The third kappa shape index (κ3) is 6.38. The molecule has 0 aromatic carbocycles. The van der Waals surface area contributed by atoms with Gasteiger partial charge in [-0.3, -0.25) is 4.79 Å². The summed E-state index contributed by atoms with van der Waals surface area (Å²) in [7, 11) is 1.90. The van der Waals surface area contributed by atoms with Crippen LogP contribution in [-0.4, -0.2) is 29.9 Å². The van der Waals surface area contributed by atoms with Crippen molar-refractivity contribution in [1.82, 2.24) is 15.1 Å². The predicted molar refractivity (Wildman–Crippen MR) is 79.7 cm³/mol. The van der Waals surface area contributed by atoms with Crippen molar-refractivity contribution in [3.63, 3.8) is 0 Å². The van der Waals surface area contributed by atoms with Gasteiger partial charge < -0.3 is 10.6 Å². The molecule has 1 heterocycles. The van der Waals surface area contributed by atoms with Crippen LogP contribution in [0.3, 0.4) is 0 Å². The maximum absolute atomic E-state index is 11.8. The molecule has 108 valence electrons. The Morgan fingerprint density at radius 1 is 1.21 bits per heavy atom. The van der Waals surface area contributed by atoms with E-state index in [-0.39, 0.29) is 5.56 Å². The number of likely N-dealkylation sites (N-methyl/N-ethyl adjacent to an activating group) is 1. The number of rotatable bonds is 10. The Hall–Kier alpha value is -1.36. The average molecular weight is 266 g/mol.